The van der Waals surface area contributed by atoms with Crippen LogP contribution in [0.3, 0.4) is 0 Å². The molecule has 2 N–H and O–H groups in total. The molecule has 0 radical (unpaired) electrons. The van der Waals surface area contributed by atoms with Gasteiger partial charge >= 0.3 is 0 Å². The highest BCUT2D eigenvalue weighted by Crippen LogP contribution is 2.44. The second kappa shape index (κ2) is 6.96. The molecule has 2 aliphatic carbocycles. The first-order chi connectivity index (χ1) is 11.8. The molecule has 2 bridgehead atoms. The molecule has 0 aliphatic heterocycles. The van der Waals surface area contributed by atoms with Crippen molar-refractivity contribution in [2.45, 2.75) is 56.5 Å². The number of fused-ring (bicyclic) bond motifs is 2. The van der Waals surface area contributed by atoms with Crippen molar-refractivity contribution in [3.63, 3.8) is 0 Å². The third-order valence-corrected chi connectivity index (χ3v) is 6.68. The zero-order valence-corrected chi connectivity index (χ0v) is 15.7. The Bertz CT molecular complexity index is 760. The van der Waals surface area contributed by atoms with Crippen LogP contribution in [0.5, 0.6) is 5.75 Å². The lowest BCUT2D eigenvalue weighted by Gasteiger charge is -2.23. The van der Waals surface area contributed by atoms with Crippen molar-refractivity contribution in [2.75, 3.05) is 7.11 Å². The number of carbonyl (C=O) groups is 1. The minimum absolute atomic E-state index is 0.0128. The van der Waals surface area contributed by atoms with Crippen LogP contribution >= 0.6 is 0 Å². The minimum atomic E-state index is -3.66. The van der Waals surface area contributed by atoms with Crippen LogP contribution in [0.4, 0.5) is 0 Å². The van der Waals surface area contributed by atoms with E-state index < -0.39 is 10.0 Å². The third kappa shape index (κ3) is 3.82. The predicted octanol–water partition coefficient (Wildman–Crippen LogP) is 2.30. The molecule has 7 heteroatoms. The first-order valence-electron chi connectivity index (χ1n) is 8.81. The van der Waals surface area contributed by atoms with Crippen LogP contribution in [0.15, 0.2) is 23.1 Å². The van der Waals surface area contributed by atoms with Gasteiger partial charge in [-0.25, -0.2) is 13.1 Å². The Labute approximate surface area is 149 Å². The predicted molar refractivity (Wildman–Crippen MR) is 95.2 cm³/mol. The van der Waals surface area contributed by atoms with Crippen LogP contribution < -0.4 is 14.8 Å². The molecule has 0 heterocycles. The molecule has 1 aromatic carbocycles. The van der Waals surface area contributed by atoms with Crippen LogP contribution in [-0.2, 0) is 10.0 Å². The quantitative estimate of drug-likeness (QED) is 0.809. The summed E-state index contributed by atoms with van der Waals surface area (Å²) in [6.45, 7) is 3.70. The van der Waals surface area contributed by atoms with Crippen molar-refractivity contribution >= 4 is 15.9 Å². The molecular weight excluding hydrogens is 340 g/mol. The molecule has 3 rings (SSSR count). The lowest BCUT2D eigenvalue weighted by molar-refractivity contribution is 0.0940. The minimum Gasteiger partial charge on any atom is -0.496 e. The van der Waals surface area contributed by atoms with E-state index in [0.29, 0.717) is 17.6 Å². The number of sulfonamides is 1. The van der Waals surface area contributed by atoms with E-state index in [9.17, 15) is 13.2 Å². The SMILES string of the molecule is COc1ccc(S(=O)(=O)N[C@@H]2C[C@H]3CC[C@H]2C3)cc1C(=O)NC(C)C. The normalized spacial score (nSPS) is 25.4. The van der Waals surface area contributed by atoms with Crippen LogP contribution in [0.1, 0.15) is 49.9 Å². The largest absolute Gasteiger partial charge is 0.496 e. The topological polar surface area (TPSA) is 84.5 Å². The van der Waals surface area contributed by atoms with Crippen molar-refractivity contribution in [2.24, 2.45) is 11.8 Å². The van der Waals surface area contributed by atoms with E-state index in [1.165, 1.54) is 31.7 Å². The van der Waals surface area contributed by atoms with Crippen LogP contribution in [0.25, 0.3) is 0 Å². The van der Waals surface area contributed by atoms with E-state index in [4.69, 9.17) is 4.74 Å². The maximum atomic E-state index is 12.8. The number of methoxy groups -OCH3 is 1. The molecule has 3 atom stereocenters. The van der Waals surface area contributed by atoms with E-state index in [0.717, 1.165) is 19.3 Å². The fourth-order valence-electron chi connectivity index (χ4n) is 4.03. The van der Waals surface area contributed by atoms with Gasteiger partial charge in [-0.2, -0.15) is 0 Å². The first kappa shape index (κ1) is 18.2. The van der Waals surface area contributed by atoms with Gasteiger partial charge in [-0.3, -0.25) is 4.79 Å². The molecule has 2 fully saturated rings. The maximum Gasteiger partial charge on any atom is 0.255 e. The lowest BCUT2D eigenvalue weighted by Crippen LogP contribution is -2.38. The highest BCUT2D eigenvalue weighted by atomic mass is 32.2. The molecule has 25 heavy (non-hydrogen) atoms. The van der Waals surface area contributed by atoms with Crippen molar-refractivity contribution in [1.82, 2.24) is 10.0 Å². The van der Waals surface area contributed by atoms with E-state index in [2.05, 4.69) is 10.0 Å². The summed E-state index contributed by atoms with van der Waals surface area (Å²) < 4.78 is 33.6. The number of carbonyl (C=O) groups excluding carboxylic acids is 1. The number of ether oxygens (including phenoxy) is 1. The highest BCUT2D eigenvalue weighted by Gasteiger charge is 2.41. The third-order valence-electron chi connectivity index (χ3n) is 5.19. The van der Waals surface area contributed by atoms with Crippen LogP contribution in [-0.4, -0.2) is 33.5 Å². The van der Waals surface area contributed by atoms with Gasteiger partial charge in [0.15, 0.2) is 0 Å². The Kier molecular flexibility index (Phi) is 5.06. The summed E-state index contributed by atoms with van der Waals surface area (Å²) in [6.07, 6.45) is 4.35. The Morgan fingerprint density at radius 2 is 2.00 bits per heavy atom. The number of rotatable bonds is 6. The zero-order valence-electron chi connectivity index (χ0n) is 14.9. The van der Waals surface area contributed by atoms with E-state index in [-0.39, 0.29) is 28.4 Å². The average Bonchev–Trinajstić information content (AvgIpc) is 3.15. The van der Waals surface area contributed by atoms with Crippen molar-refractivity contribution in [3.8, 4) is 5.75 Å². The van der Waals surface area contributed by atoms with Gasteiger partial charge in [0.05, 0.1) is 17.6 Å². The van der Waals surface area contributed by atoms with Crippen molar-refractivity contribution in [1.29, 1.82) is 0 Å². The molecule has 2 aliphatic rings. The standard InChI is InChI=1S/C18H26N2O4S/c1-11(2)19-18(21)15-10-14(6-7-17(15)24-3)25(22,23)20-16-9-12-4-5-13(16)8-12/h6-7,10-13,16,20H,4-5,8-9H2,1-3H3,(H,19,21)/t12-,13-,16+/m0/s1. The summed E-state index contributed by atoms with van der Waals surface area (Å²) in [5, 5.41) is 2.77. The Hall–Kier alpha value is -1.60. The monoisotopic (exact) mass is 366 g/mol. The number of hydrogen-bond acceptors (Lipinski definition) is 4. The number of hydrogen-bond donors (Lipinski definition) is 2. The molecular formula is C18H26N2O4S. The summed E-state index contributed by atoms with van der Waals surface area (Å²) >= 11 is 0. The summed E-state index contributed by atoms with van der Waals surface area (Å²) in [7, 11) is -2.20. The van der Waals surface area contributed by atoms with E-state index in [1.807, 2.05) is 13.8 Å². The highest BCUT2D eigenvalue weighted by molar-refractivity contribution is 7.89. The molecule has 6 nitrogen and oxygen atoms in total. The fourth-order valence-corrected chi connectivity index (χ4v) is 5.37. The van der Waals surface area contributed by atoms with Crippen LogP contribution in [0.2, 0.25) is 0 Å². The van der Waals surface area contributed by atoms with Crippen LogP contribution in [0, 0.1) is 11.8 Å². The number of nitrogens with one attached hydrogen (secondary N) is 2. The fraction of sp³-hybridized carbons (Fsp3) is 0.611. The van der Waals surface area contributed by atoms with Gasteiger partial charge < -0.3 is 10.1 Å². The smallest absolute Gasteiger partial charge is 0.255 e. The Morgan fingerprint density at radius 3 is 2.56 bits per heavy atom. The Morgan fingerprint density at radius 1 is 1.24 bits per heavy atom. The summed E-state index contributed by atoms with van der Waals surface area (Å²) in [6, 6.07) is 4.38. The van der Waals surface area contributed by atoms with Gasteiger partial charge in [0.25, 0.3) is 5.91 Å². The summed E-state index contributed by atoms with van der Waals surface area (Å²) in [5.41, 5.74) is 0.229. The molecule has 0 saturated heterocycles. The molecule has 1 aromatic rings. The molecule has 0 spiro atoms. The maximum absolute atomic E-state index is 12.8. The second-order valence-corrected chi connectivity index (χ2v) is 9.11. The molecule has 1 amide bonds. The number of benzene rings is 1. The summed E-state index contributed by atoms with van der Waals surface area (Å²) in [4.78, 5) is 12.5. The van der Waals surface area contributed by atoms with Gasteiger partial charge in [-0.15, -0.1) is 0 Å². The Balaban J connectivity index is 1.84. The first-order valence-corrected chi connectivity index (χ1v) is 10.3. The zero-order chi connectivity index (χ0) is 18.2. The van der Waals surface area contributed by atoms with Crippen molar-refractivity contribution < 1.29 is 17.9 Å². The molecule has 0 unspecified atom stereocenters. The average molecular weight is 366 g/mol. The molecule has 2 saturated carbocycles. The number of amides is 1. The van der Waals surface area contributed by atoms with Crippen molar-refractivity contribution in [3.05, 3.63) is 23.8 Å². The van der Waals surface area contributed by atoms with E-state index in [1.54, 1.807) is 0 Å². The van der Waals surface area contributed by atoms with Gasteiger partial charge in [-0.1, -0.05) is 6.42 Å². The van der Waals surface area contributed by atoms with Gasteiger partial charge in [0.2, 0.25) is 10.0 Å². The van der Waals surface area contributed by atoms with Gasteiger partial charge in [0.1, 0.15) is 5.75 Å². The summed E-state index contributed by atoms with van der Waals surface area (Å²) in [5.74, 6) is 1.11. The van der Waals surface area contributed by atoms with Gasteiger partial charge in [0, 0.05) is 12.1 Å². The lowest BCUT2D eigenvalue weighted by atomic mass is 9.96. The second-order valence-electron chi connectivity index (χ2n) is 7.39. The molecule has 0 aromatic heterocycles. The van der Waals surface area contributed by atoms with E-state index >= 15 is 0 Å². The molecule has 138 valence electrons. The van der Waals surface area contributed by atoms with Gasteiger partial charge in [-0.05, 0) is 63.1 Å².